The van der Waals surface area contributed by atoms with Crippen LogP contribution in [0.2, 0.25) is 10.0 Å². The van der Waals surface area contributed by atoms with Gasteiger partial charge in [-0.05, 0) is 49.4 Å². The lowest BCUT2D eigenvalue weighted by molar-refractivity contribution is 0.102. The third kappa shape index (κ3) is 4.73. The molecule has 1 aromatic heterocycles. The van der Waals surface area contributed by atoms with Gasteiger partial charge in [0, 0.05) is 17.4 Å². The summed E-state index contributed by atoms with van der Waals surface area (Å²) in [5.74, 6) is 0.498. The Balaban J connectivity index is 1.80. The second-order valence-electron chi connectivity index (χ2n) is 5.58. The second kappa shape index (κ2) is 8.04. The van der Waals surface area contributed by atoms with E-state index in [-0.39, 0.29) is 11.6 Å². The van der Waals surface area contributed by atoms with Gasteiger partial charge in [0.25, 0.3) is 5.91 Å². The normalized spacial score (nSPS) is 10.1. The fourth-order valence-corrected chi connectivity index (χ4v) is 2.59. The van der Waals surface area contributed by atoms with Crippen molar-refractivity contribution in [1.29, 1.82) is 5.26 Å². The maximum atomic E-state index is 12.5. The van der Waals surface area contributed by atoms with Gasteiger partial charge in [0.15, 0.2) is 0 Å². The molecule has 1 heterocycles. The van der Waals surface area contributed by atoms with E-state index in [0.717, 1.165) is 0 Å². The zero-order valence-electron chi connectivity index (χ0n) is 14.1. The summed E-state index contributed by atoms with van der Waals surface area (Å²) in [6, 6.07) is 15.2. The number of hydrogen-bond donors (Lipinski definition) is 2. The molecule has 0 spiro atoms. The molecule has 0 radical (unpaired) electrons. The van der Waals surface area contributed by atoms with Crippen LogP contribution in [-0.4, -0.2) is 15.9 Å². The van der Waals surface area contributed by atoms with Gasteiger partial charge < -0.3 is 10.6 Å². The number of halogens is 2. The fraction of sp³-hybridized carbons (Fsp3) is 0.0526. The molecule has 3 rings (SSSR count). The Labute approximate surface area is 165 Å². The smallest absolute Gasteiger partial charge is 0.274 e. The van der Waals surface area contributed by atoms with Crippen LogP contribution < -0.4 is 10.6 Å². The molecule has 27 heavy (non-hydrogen) atoms. The minimum absolute atomic E-state index is 0.203. The van der Waals surface area contributed by atoms with Gasteiger partial charge >= 0.3 is 0 Å². The third-order valence-electron chi connectivity index (χ3n) is 3.53. The molecular formula is C19H13Cl2N5O. The summed E-state index contributed by atoms with van der Waals surface area (Å²) in [5.41, 5.74) is 1.96. The lowest BCUT2D eigenvalue weighted by atomic mass is 10.2. The van der Waals surface area contributed by atoms with Gasteiger partial charge in [0.2, 0.25) is 0 Å². The summed E-state index contributed by atoms with van der Waals surface area (Å²) >= 11 is 11.9. The molecule has 1 amide bonds. The van der Waals surface area contributed by atoms with Gasteiger partial charge in [-0.2, -0.15) is 5.26 Å². The van der Waals surface area contributed by atoms with Crippen molar-refractivity contribution < 1.29 is 4.79 Å². The van der Waals surface area contributed by atoms with Crippen LogP contribution in [0.4, 0.5) is 17.2 Å². The van der Waals surface area contributed by atoms with Crippen molar-refractivity contribution in [2.45, 2.75) is 6.92 Å². The van der Waals surface area contributed by atoms with E-state index >= 15 is 0 Å². The zero-order valence-corrected chi connectivity index (χ0v) is 15.6. The monoisotopic (exact) mass is 397 g/mol. The number of carbonyl (C=O) groups is 1. The molecule has 6 nitrogen and oxygen atoms in total. The Bertz CT molecular complexity index is 1040. The molecule has 0 aliphatic rings. The Hall–Kier alpha value is -3.14. The number of aromatic nitrogens is 2. The summed E-state index contributed by atoms with van der Waals surface area (Å²) in [7, 11) is 0. The molecule has 2 aromatic carbocycles. The molecular weight excluding hydrogens is 385 g/mol. The van der Waals surface area contributed by atoms with Crippen LogP contribution in [0, 0.1) is 18.3 Å². The lowest BCUT2D eigenvalue weighted by Gasteiger charge is -2.10. The average Bonchev–Trinajstić information content (AvgIpc) is 2.65. The maximum absolute atomic E-state index is 12.5. The largest absolute Gasteiger partial charge is 0.340 e. The van der Waals surface area contributed by atoms with E-state index in [1.165, 1.54) is 6.07 Å². The second-order valence-corrected chi connectivity index (χ2v) is 6.40. The van der Waals surface area contributed by atoms with Crippen molar-refractivity contribution in [3.8, 4) is 6.07 Å². The third-order valence-corrected chi connectivity index (χ3v) is 4.27. The highest BCUT2D eigenvalue weighted by Gasteiger charge is 2.12. The number of nitrogens with one attached hydrogen (secondary N) is 2. The quantitative estimate of drug-likeness (QED) is 0.648. The predicted molar refractivity (Wildman–Crippen MR) is 106 cm³/mol. The summed E-state index contributed by atoms with van der Waals surface area (Å²) in [6.07, 6.45) is 0. The summed E-state index contributed by atoms with van der Waals surface area (Å²) in [5, 5.41) is 15.5. The predicted octanol–water partition coefficient (Wildman–Crippen LogP) is 4.96. The van der Waals surface area contributed by atoms with E-state index in [2.05, 4.69) is 20.6 Å². The minimum Gasteiger partial charge on any atom is -0.340 e. The standard InChI is InChI=1S/C19H13Cl2N5O/c1-11-23-17(19(27)26-13-4-2-12(10-22)3-5-13)9-18(24-11)25-14-6-7-15(20)16(21)8-14/h2-9H,1H3,(H,26,27)(H,23,24,25). The van der Waals surface area contributed by atoms with Gasteiger partial charge in [-0.25, -0.2) is 9.97 Å². The van der Waals surface area contributed by atoms with Crippen LogP contribution in [0.15, 0.2) is 48.5 Å². The molecule has 0 aliphatic heterocycles. The van der Waals surface area contributed by atoms with Crippen LogP contribution in [0.25, 0.3) is 0 Å². The summed E-state index contributed by atoms with van der Waals surface area (Å²) < 4.78 is 0. The summed E-state index contributed by atoms with van der Waals surface area (Å²) in [4.78, 5) is 20.9. The van der Waals surface area contributed by atoms with Crippen molar-refractivity contribution in [2.75, 3.05) is 10.6 Å². The van der Waals surface area contributed by atoms with E-state index in [0.29, 0.717) is 38.6 Å². The van der Waals surface area contributed by atoms with Crippen molar-refractivity contribution in [3.05, 3.63) is 75.7 Å². The van der Waals surface area contributed by atoms with Gasteiger partial charge in [-0.3, -0.25) is 4.79 Å². The molecule has 0 unspecified atom stereocenters. The topological polar surface area (TPSA) is 90.7 Å². The molecule has 3 aromatic rings. The zero-order chi connectivity index (χ0) is 19.4. The number of hydrogen-bond acceptors (Lipinski definition) is 5. The highest BCUT2D eigenvalue weighted by molar-refractivity contribution is 6.42. The number of carbonyl (C=O) groups excluding carboxylic acids is 1. The van der Waals surface area contributed by atoms with Crippen LogP contribution in [0.5, 0.6) is 0 Å². The number of amides is 1. The van der Waals surface area contributed by atoms with Crippen LogP contribution in [0.3, 0.4) is 0 Å². The SMILES string of the molecule is Cc1nc(Nc2ccc(Cl)c(Cl)c2)cc(C(=O)Nc2ccc(C#N)cc2)n1. The number of nitrogens with zero attached hydrogens (tertiary/aromatic N) is 3. The highest BCUT2D eigenvalue weighted by atomic mass is 35.5. The number of nitriles is 1. The first-order chi connectivity index (χ1) is 12.9. The molecule has 0 atom stereocenters. The average molecular weight is 398 g/mol. The van der Waals surface area contributed by atoms with Crippen LogP contribution in [0.1, 0.15) is 21.9 Å². The molecule has 0 saturated heterocycles. The van der Waals surface area contributed by atoms with E-state index in [1.54, 1.807) is 49.4 Å². The number of anilines is 3. The lowest BCUT2D eigenvalue weighted by Crippen LogP contribution is -2.15. The number of rotatable bonds is 4. The highest BCUT2D eigenvalue weighted by Crippen LogP contribution is 2.26. The van der Waals surface area contributed by atoms with Crippen LogP contribution >= 0.6 is 23.2 Å². The van der Waals surface area contributed by atoms with Gasteiger partial charge in [-0.1, -0.05) is 23.2 Å². The Morgan fingerprint density at radius 3 is 2.37 bits per heavy atom. The van der Waals surface area contributed by atoms with Crippen molar-refractivity contribution >= 4 is 46.3 Å². The fourth-order valence-electron chi connectivity index (χ4n) is 2.29. The van der Waals surface area contributed by atoms with Gasteiger partial charge in [-0.15, -0.1) is 0 Å². The Morgan fingerprint density at radius 2 is 1.70 bits per heavy atom. The molecule has 8 heteroatoms. The van der Waals surface area contributed by atoms with Gasteiger partial charge in [0.05, 0.1) is 21.7 Å². The van der Waals surface area contributed by atoms with Crippen molar-refractivity contribution in [2.24, 2.45) is 0 Å². The molecule has 0 aliphatic carbocycles. The molecule has 0 saturated carbocycles. The number of benzene rings is 2. The molecule has 0 bridgehead atoms. The van der Waals surface area contributed by atoms with Crippen molar-refractivity contribution in [1.82, 2.24) is 9.97 Å². The van der Waals surface area contributed by atoms with Crippen LogP contribution in [-0.2, 0) is 0 Å². The molecule has 2 N–H and O–H groups in total. The summed E-state index contributed by atoms with van der Waals surface area (Å²) in [6.45, 7) is 1.69. The first-order valence-electron chi connectivity index (χ1n) is 7.84. The van der Waals surface area contributed by atoms with E-state index in [4.69, 9.17) is 28.5 Å². The Morgan fingerprint density at radius 1 is 1.00 bits per heavy atom. The molecule has 134 valence electrons. The van der Waals surface area contributed by atoms with E-state index in [1.807, 2.05) is 6.07 Å². The minimum atomic E-state index is -0.387. The van der Waals surface area contributed by atoms with Gasteiger partial charge in [0.1, 0.15) is 17.3 Å². The number of aryl methyl sites for hydroxylation is 1. The Kier molecular flexibility index (Phi) is 5.55. The first-order valence-corrected chi connectivity index (χ1v) is 8.59. The maximum Gasteiger partial charge on any atom is 0.274 e. The van der Waals surface area contributed by atoms with Crippen molar-refractivity contribution in [3.63, 3.8) is 0 Å². The molecule has 0 fully saturated rings. The first kappa shape index (κ1) is 18.6. The van der Waals surface area contributed by atoms with E-state index < -0.39 is 0 Å². The van der Waals surface area contributed by atoms with E-state index in [9.17, 15) is 4.79 Å².